The number of rotatable bonds is 14. The highest BCUT2D eigenvalue weighted by atomic mass is 16.4. The van der Waals surface area contributed by atoms with Crippen molar-refractivity contribution in [1.29, 1.82) is 0 Å². The van der Waals surface area contributed by atoms with Crippen molar-refractivity contribution in [1.82, 2.24) is 15.5 Å². The molecular formula is C24H34N6O8. The SMILES string of the molecule is NC(=O)CCC(N)C(=O)N1CCCC1C(=O)NC(CCC(N)=O)C(=O)NC(Cc1ccc(O)cc1)C(=O)O. The number of nitrogens with one attached hydrogen (secondary N) is 2. The van der Waals surface area contributed by atoms with Crippen molar-refractivity contribution in [2.75, 3.05) is 6.54 Å². The first-order chi connectivity index (χ1) is 17.9. The van der Waals surface area contributed by atoms with Gasteiger partial charge in [-0.15, -0.1) is 0 Å². The number of amides is 5. The first-order valence-electron chi connectivity index (χ1n) is 12.1. The molecule has 1 heterocycles. The summed E-state index contributed by atoms with van der Waals surface area (Å²) >= 11 is 0. The fourth-order valence-electron chi connectivity index (χ4n) is 4.10. The molecule has 0 radical (unpaired) electrons. The van der Waals surface area contributed by atoms with E-state index in [0.717, 1.165) is 0 Å². The van der Waals surface area contributed by atoms with Crippen LogP contribution >= 0.6 is 0 Å². The van der Waals surface area contributed by atoms with Gasteiger partial charge in [0.15, 0.2) is 0 Å². The van der Waals surface area contributed by atoms with E-state index in [1.54, 1.807) is 0 Å². The Balaban J connectivity index is 2.12. The van der Waals surface area contributed by atoms with Crippen LogP contribution in [0.15, 0.2) is 24.3 Å². The van der Waals surface area contributed by atoms with Crippen molar-refractivity contribution in [3.8, 4) is 5.75 Å². The van der Waals surface area contributed by atoms with Crippen molar-refractivity contribution in [2.45, 2.75) is 69.1 Å². The molecule has 1 saturated heterocycles. The molecule has 1 aromatic carbocycles. The van der Waals surface area contributed by atoms with Gasteiger partial charge in [0.2, 0.25) is 29.5 Å². The fourth-order valence-corrected chi connectivity index (χ4v) is 4.10. The highest BCUT2D eigenvalue weighted by Gasteiger charge is 2.38. The average Bonchev–Trinajstić information content (AvgIpc) is 3.35. The summed E-state index contributed by atoms with van der Waals surface area (Å²) in [6, 6.07) is 1.10. The molecular weight excluding hydrogens is 500 g/mol. The molecule has 5 amide bonds. The van der Waals surface area contributed by atoms with Crippen LogP contribution in [0.5, 0.6) is 5.75 Å². The van der Waals surface area contributed by atoms with Gasteiger partial charge in [0.25, 0.3) is 0 Å². The molecule has 1 aliphatic heterocycles. The lowest BCUT2D eigenvalue weighted by Crippen LogP contribution is -2.57. The monoisotopic (exact) mass is 534 g/mol. The Morgan fingerprint density at radius 1 is 0.947 bits per heavy atom. The van der Waals surface area contributed by atoms with E-state index in [2.05, 4.69) is 10.6 Å². The van der Waals surface area contributed by atoms with E-state index in [9.17, 15) is 39.0 Å². The second-order valence-electron chi connectivity index (χ2n) is 9.14. The Hall–Kier alpha value is -4.20. The number of carboxylic acids is 1. The molecule has 0 bridgehead atoms. The molecule has 10 N–H and O–H groups in total. The number of hydrogen-bond acceptors (Lipinski definition) is 8. The minimum absolute atomic E-state index is 0.00727. The second kappa shape index (κ2) is 13.9. The van der Waals surface area contributed by atoms with E-state index in [-0.39, 0.29) is 44.4 Å². The molecule has 4 unspecified atom stereocenters. The lowest BCUT2D eigenvalue weighted by molar-refractivity contribution is -0.143. The Morgan fingerprint density at radius 3 is 2.13 bits per heavy atom. The second-order valence-corrected chi connectivity index (χ2v) is 9.14. The first kappa shape index (κ1) is 30.0. The number of nitrogens with zero attached hydrogens (tertiary/aromatic N) is 1. The number of carbonyl (C=O) groups is 6. The predicted octanol–water partition coefficient (Wildman–Crippen LogP) is -2.16. The van der Waals surface area contributed by atoms with Gasteiger partial charge in [-0.1, -0.05) is 12.1 Å². The van der Waals surface area contributed by atoms with E-state index in [1.165, 1.54) is 29.2 Å². The van der Waals surface area contributed by atoms with Gasteiger partial charge in [-0.2, -0.15) is 0 Å². The summed E-state index contributed by atoms with van der Waals surface area (Å²) in [6.07, 6.45) is 0.145. The van der Waals surface area contributed by atoms with Crippen LogP contribution in [0.3, 0.4) is 0 Å². The molecule has 0 saturated carbocycles. The summed E-state index contributed by atoms with van der Waals surface area (Å²) in [5, 5.41) is 23.9. The molecule has 14 nitrogen and oxygen atoms in total. The molecule has 2 rings (SSSR count). The number of nitrogens with two attached hydrogens (primary N) is 3. The molecule has 0 aromatic heterocycles. The van der Waals surface area contributed by atoms with Gasteiger partial charge in [0.05, 0.1) is 6.04 Å². The van der Waals surface area contributed by atoms with Crippen LogP contribution in [0.2, 0.25) is 0 Å². The summed E-state index contributed by atoms with van der Waals surface area (Å²) < 4.78 is 0. The first-order valence-corrected chi connectivity index (χ1v) is 12.1. The van der Waals surface area contributed by atoms with Crippen molar-refractivity contribution < 1.29 is 39.0 Å². The van der Waals surface area contributed by atoms with Crippen molar-refractivity contribution in [2.24, 2.45) is 17.2 Å². The molecule has 4 atom stereocenters. The number of phenolic OH excluding ortho intramolecular Hbond substituents is 1. The summed E-state index contributed by atoms with van der Waals surface area (Å²) in [6.45, 7) is 0.243. The zero-order chi connectivity index (χ0) is 28.4. The minimum Gasteiger partial charge on any atom is -0.508 e. The van der Waals surface area contributed by atoms with Gasteiger partial charge >= 0.3 is 5.97 Å². The number of phenols is 1. The summed E-state index contributed by atoms with van der Waals surface area (Å²) in [4.78, 5) is 74.3. The maximum absolute atomic E-state index is 13.1. The summed E-state index contributed by atoms with van der Waals surface area (Å²) in [7, 11) is 0. The van der Waals surface area contributed by atoms with Gasteiger partial charge in [-0.25, -0.2) is 4.79 Å². The molecule has 1 aliphatic rings. The number of benzene rings is 1. The number of aliphatic carboxylic acids is 1. The van der Waals surface area contributed by atoms with Gasteiger partial charge in [0, 0.05) is 25.8 Å². The van der Waals surface area contributed by atoms with E-state index in [4.69, 9.17) is 17.2 Å². The number of carbonyl (C=O) groups excluding carboxylic acids is 5. The molecule has 0 spiro atoms. The number of likely N-dealkylation sites (tertiary alicyclic amines) is 1. The van der Waals surface area contributed by atoms with E-state index >= 15 is 0 Å². The topological polar surface area (TPSA) is 248 Å². The van der Waals surface area contributed by atoms with Gasteiger partial charge in [-0.05, 0) is 43.4 Å². The van der Waals surface area contributed by atoms with Crippen LogP contribution in [-0.4, -0.2) is 81.3 Å². The van der Waals surface area contributed by atoms with Crippen LogP contribution in [0.1, 0.15) is 44.1 Å². The summed E-state index contributed by atoms with van der Waals surface area (Å²) in [5.74, 6) is -4.74. The zero-order valence-corrected chi connectivity index (χ0v) is 20.8. The lowest BCUT2D eigenvalue weighted by atomic mass is 10.0. The van der Waals surface area contributed by atoms with Gasteiger partial charge in [-0.3, -0.25) is 24.0 Å². The maximum atomic E-state index is 13.1. The number of carboxylic acid groups (broad SMARTS) is 1. The Morgan fingerprint density at radius 2 is 1.55 bits per heavy atom. The van der Waals surface area contributed by atoms with Gasteiger partial charge < -0.3 is 42.9 Å². The van der Waals surface area contributed by atoms with Crippen LogP contribution in [0.25, 0.3) is 0 Å². The van der Waals surface area contributed by atoms with Crippen molar-refractivity contribution >= 4 is 35.5 Å². The quantitative estimate of drug-likeness (QED) is 0.137. The molecule has 14 heteroatoms. The third kappa shape index (κ3) is 9.03. The average molecular weight is 535 g/mol. The van der Waals surface area contributed by atoms with Crippen LogP contribution in [0.4, 0.5) is 0 Å². The van der Waals surface area contributed by atoms with Crippen molar-refractivity contribution in [3.63, 3.8) is 0 Å². The molecule has 0 aliphatic carbocycles. The van der Waals surface area contributed by atoms with Crippen LogP contribution in [-0.2, 0) is 35.2 Å². The Bertz CT molecular complexity index is 1050. The lowest BCUT2D eigenvalue weighted by Gasteiger charge is -2.28. The van der Waals surface area contributed by atoms with E-state index < -0.39 is 59.7 Å². The molecule has 1 aromatic rings. The number of hydrogen-bond donors (Lipinski definition) is 7. The molecule has 38 heavy (non-hydrogen) atoms. The Kier molecular flexibility index (Phi) is 11.0. The maximum Gasteiger partial charge on any atom is 0.326 e. The normalized spacial score (nSPS) is 17.2. The minimum atomic E-state index is -1.37. The summed E-state index contributed by atoms with van der Waals surface area (Å²) in [5.41, 5.74) is 16.7. The standard InChI is InChI=1S/C24H34N6O8/c25-15(7-9-19(26)32)23(36)30-11-1-2-18(30)22(35)28-16(8-10-20(27)33)21(34)29-17(24(37)38)12-13-3-5-14(31)6-4-13/h3-6,15-18,31H,1-2,7-12,25H2,(H2,26,32)(H2,27,33)(H,28,35)(H,29,34)(H,37,38). The van der Waals surface area contributed by atoms with Gasteiger partial charge in [0.1, 0.15) is 23.9 Å². The largest absolute Gasteiger partial charge is 0.508 e. The molecule has 1 fully saturated rings. The third-order valence-corrected chi connectivity index (χ3v) is 6.16. The highest BCUT2D eigenvalue weighted by Crippen LogP contribution is 2.20. The third-order valence-electron chi connectivity index (χ3n) is 6.16. The van der Waals surface area contributed by atoms with Crippen molar-refractivity contribution in [3.05, 3.63) is 29.8 Å². The van der Waals surface area contributed by atoms with Crippen LogP contribution in [0, 0.1) is 0 Å². The van der Waals surface area contributed by atoms with Crippen LogP contribution < -0.4 is 27.8 Å². The smallest absolute Gasteiger partial charge is 0.326 e. The Labute approximate surface area is 218 Å². The predicted molar refractivity (Wildman–Crippen MR) is 133 cm³/mol. The van der Waals surface area contributed by atoms with E-state index in [1.807, 2.05) is 0 Å². The fraction of sp³-hybridized carbons (Fsp3) is 0.500. The highest BCUT2D eigenvalue weighted by molar-refractivity contribution is 5.94. The van der Waals surface area contributed by atoms with E-state index in [0.29, 0.717) is 18.4 Å². The molecule has 208 valence electrons. The number of aromatic hydroxyl groups is 1. The zero-order valence-electron chi connectivity index (χ0n) is 20.8. The number of primary amides is 2.